The molecule has 2 heterocycles. The van der Waals surface area contributed by atoms with E-state index in [1.54, 1.807) is 11.8 Å². The summed E-state index contributed by atoms with van der Waals surface area (Å²) >= 11 is 4.72. The summed E-state index contributed by atoms with van der Waals surface area (Å²) in [5, 5.41) is 11.5. The van der Waals surface area contributed by atoms with E-state index in [-0.39, 0.29) is 11.4 Å². The van der Waals surface area contributed by atoms with Gasteiger partial charge in [0.2, 0.25) is 5.78 Å². The van der Waals surface area contributed by atoms with E-state index in [4.69, 9.17) is 0 Å². The van der Waals surface area contributed by atoms with Crippen LogP contribution in [0, 0.1) is 13.8 Å². The van der Waals surface area contributed by atoms with Crippen molar-refractivity contribution in [3.63, 3.8) is 0 Å². The summed E-state index contributed by atoms with van der Waals surface area (Å²) in [6.07, 6.45) is 0. The maximum Gasteiger partial charge on any atom is 0.290 e. The summed E-state index contributed by atoms with van der Waals surface area (Å²) in [6, 6.07) is 6.88. The maximum absolute atomic E-state index is 13.4. The van der Waals surface area contributed by atoms with Crippen LogP contribution in [0.15, 0.2) is 40.1 Å². The van der Waals surface area contributed by atoms with Gasteiger partial charge in [-0.05, 0) is 44.6 Å². The van der Waals surface area contributed by atoms with Crippen LogP contribution in [0.4, 0.5) is 0 Å². The number of thiazole rings is 1. The van der Waals surface area contributed by atoms with Crippen LogP contribution in [0.1, 0.15) is 45.8 Å². The van der Waals surface area contributed by atoms with Gasteiger partial charge >= 0.3 is 0 Å². The number of hydrogen-bond acceptors (Lipinski definition) is 6. The molecule has 0 radical (unpaired) electrons. The first-order valence-corrected chi connectivity index (χ1v) is 11.6. The van der Waals surface area contributed by atoms with Crippen LogP contribution in [0.2, 0.25) is 0 Å². The highest BCUT2D eigenvalue weighted by Crippen LogP contribution is 2.40. The molecule has 0 saturated carbocycles. The summed E-state index contributed by atoms with van der Waals surface area (Å²) in [5.74, 6) is -1.29. The standard InChI is InChI=1S/C22H26BrN3O3S/c1-5-25(6-2)11-12-26-18(15-7-9-16(23)10-8-15)17(20(28)22(26)29)19(27)21-13(3)24-14(4)30-21/h7-10,18,28H,5-6,11-12H2,1-4H3/t18-/m1/s1. The van der Waals surface area contributed by atoms with Gasteiger partial charge in [-0.25, -0.2) is 4.98 Å². The molecule has 8 heteroatoms. The highest BCUT2D eigenvalue weighted by Gasteiger charge is 2.44. The SMILES string of the molecule is CCN(CC)CCN1C(=O)C(O)=C(C(=O)c2sc(C)nc2C)[C@H]1c1ccc(Br)cc1. The lowest BCUT2D eigenvalue weighted by Crippen LogP contribution is -2.38. The molecular weight excluding hydrogens is 466 g/mol. The number of aryl methyl sites for hydroxylation is 2. The number of aliphatic hydroxyl groups excluding tert-OH is 1. The third-order valence-electron chi connectivity index (χ3n) is 5.40. The van der Waals surface area contributed by atoms with Crippen molar-refractivity contribution in [1.82, 2.24) is 14.8 Å². The molecule has 160 valence electrons. The monoisotopic (exact) mass is 491 g/mol. The lowest BCUT2D eigenvalue weighted by atomic mass is 9.95. The zero-order valence-electron chi connectivity index (χ0n) is 17.6. The number of carbonyl (C=O) groups excluding carboxylic acids is 2. The number of hydrogen-bond donors (Lipinski definition) is 1. The van der Waals surface area contributed by atoms with Crippen molar-refractivity contribution in [2.24, 2.45) is 0 Å². The summed E-state index contributed by atoms with van der Waals surface area (Å²) in [4.78, 5) is 35.1. The second-order valence-electron chi connectivity index (χ2n) is 7.22. The van der Waals surface area contributed by atoms with Crippen molar-refractivity contribution >= 4 is 39.0 Å². The Morgan fingerprint density at radius 1 is 1.23 bits per heavy atom. The molecule has 3 rings (SSSR count). The van der Waals surface area contributed by atoms with E-state index in [9.17, 15) is 14.7 Å². The van der Waals surface area contributed by atoms with Gasteiger partial charge in [0.15, 0.2) is 5.76 Å². The van der Waals surface area contributed by atoms with Crippen LogP contribution in [-0.2, 0) is 4.79 Å². The Bertz CT molecular complexity index is 980. The molecule has 1 amide bonds. The molecule has 1 atom stereocenters. The first-order chi connectivity index (χ1) is 14.3. The molecule has 30 heavy (non-hydrogen) atoms. The van der Waals surface area contributed by atoms with E-state index in [0.717, 1.165) is 28.1 Å². The molecule has 0 bridgehead atoms. The number of ketones is 1. The lowest BCUT2D eigenvalue weighted by Gasteiger charge is -2.29. The van der Waals surface area contributed by atoms with Crippen molar-refractivity contribution in [1.29, 1.82) is 0 Å². The van der Waals surface area contributed by atoms with E-state index < -0.39 is 17.7 Å². The second-order valence-corrected chi connectivity index (χ2v) is 9.34. The van der Waals surface area contributed by atoms with Gasteiger partial charge < -0.3 is 14.9 Å². The number of rotatable bonds is 8. The third-order valence-corrected chi connectivity index (χ3v) is 7.00. The summed E-state index contributed by atoms with van der Waals surface area (Å²) in [7, 11) is 0. The van der Waals surface area contributed by atoms with E-state index >= 15 is 0 Å². The minimum atomic E-state index is -0.629. The van der Waals surface area contributed by atoms with Gasteiger partial charge in [-0.1, -0.05) is 41.9 Å². The van der Waals surface area contributed by atoms with Crippen LogP contribution in [0.5, 0.6) is 0 Å². The van der Waals surface area contributed by atoms with E-state index in [1.807, 2.05) is 31.2 Å². The predicted molar refractivity (Wildman–Crippen MR) is 122 cm³/mol. The minimum absolute atomic E-state index is 0.133. The predicted octanol–water partition coefficient (Wildman–Crippen LogP) is 4.44. The highest BCUT2D eigenvalue weighted by atomic mass is 79.9. The highest BCUT2D eigenvalue weighted by molar-refractivity contribution is 9.10. The second kappa shape index (κ2) is 9.41. The molecule has 0 unspecified atom stereocenters. The molecule has 0 spiro atoms. The smallest absolute Gasteiger partial charge is 0.290 e. The molecular formula is C22H26BrN3O3S. The molecule has 2 aromatic rings. The number of Topliss-reactive ketones (excluding diaryl/α,β-unsaturated/α-hetero) is 1. The Morgan fingerprint density at radius 2 is 1.87 bits per heavy atom. The molecule has 6 nitrogen and oxygen atoms in total. The van der Waals surface area contributed by atoms with Gasteiger partial charge in [0.05, 0.1) is 27.2 Å². The van der Waals surface area contributed by atoms with Crippen LogP contribution in [0.3, 0.4) is 0 Å². The van der Waals surface area contributed by atoms with Crippen molar-refractivity contribution in [3.05, 3.63) is 61.2 Å². The Balaban J connectivity index is 2.04. The fourth-order valence-electron chi connectivity index (χ4n) is 3.76. The first kappa shape index (κ1) is 22.7. The molecule has 1 aliphatic rings. The minimum Gasteiger partial charge on any atom is -0.503 e. The maximum atomic E-state index is 13.4. The van der Waals surface area contributed by atoms with Gasteiger partial charge in [-0.3, -0.25) is 9.59 Å². The van der Waals surface area contributed by atoms with Gasteiger partial charge in [0, 0.05) is 17.6 Å². The largest absolute Gasteiger partial charge is 0.503 e. The zero-order valence-corrected chi connectivity index (χ0v) is 20.0. The van der Waals surface area contributed by atoms with E-state index in [1.165, 1.54) is 11.3 Å². The van der Waals surface area contributed by atoms with Gasteiger partial charge in [0.1, 0.15) is 0 Å². The summed E-state index contributed by atoms with van der Waals surface area (Å²) in [6.45, 7) is 10.6. The molecule has 0 fully saturated rings. The van der Waals surface area contributed by atoms with E-state index in [0.29, 0.717) is 23.7 Å². The lowest BCUT2D eigenvalue weighted by molar-refractivity contribution is -0.129. The van der Waals surface area contributed by atoms with Crippen LogP contribution in [0.25, 0.3) is 0 Å². The number of likely N-dealkylation sites (N-methyl/N-ethyl adjacent to an activating group) is 1. The Labute approximate surface area is 189 Å². The van der Waals surface area contributed by atoms with E-state index in [2.05, 4.69) is 39.7 Å². The number of nitrogens with zero attached hydrogens (tertiary/aromatic N) is 3. The normalized spacial score (nSPS) is 16.8. The van der Waals surface area contributed by atoms with Gasteiger partial charge in [0.25, 0.3) is 5.91 Å². The van der Waals surface area contributed by atoms with Crippen molar-refractivity contribution in [2.45, 2.75) is 33.7 Å². The molecule has 1 N–H and O–H groups in total. The summed E-state index contributed by atoms with van der Waals surface area (Å²) < 4.78 is 0.903. The van der Waals surface area contributed by atoms with Crippen molar-refractivity contribution in [3.8, 4) is 0 Å². The van der Waals surface area contributed by atoms with Crippen LogP contribution in [-0.4, -0.2) is 57.8 Å². The fraction of sp³-hybridized carbons (Fsp3) is 0.409. The number of aliphatic hydroxyl groups is 1. The quantitative estimate of drug-likeness (QED) is 0.552. The number of benzene rings is 1. The zero-order chi connectivity index (χ0) is 22.0. The molecule has 0 aliphatic carbocycles. The Morgan fingerprint density at radius 3 is 2.40 bits per heavy atom. The van der Waals surface area contributed by atoms with Crippen LogP contribution >= 0.6 is 27.3 Å². The molecule has 0 saturated heterocycles. The number of aromatic nitrogens is 1. The third kappa shape index (κ3) is 4.36. The van der Waals surface area contributed by atoms with Crippen molar-refractivity contribution < 1.29 is 14.7 Å². The number of carbonyl (C=O) groups is 2. The number of halogens is 1. The average molecular weight is 492 g/mol. The van der Waals surface area contributed by atoms with Crippen molar-refractivity contribution in [2.75, 3.05) is 26.2 Å². The summed E-state index contributed by atoms with van der Waals surface area (Å²) in [5.41, 5.74) is 1.54. The molecule has 1 aromatic heterocycles. The topological polar surface area (TPSA) is 73.7 Å². The fourth-order valence-corrected chi connectivity index (χ4v) is 4.90. The van der Waals surface area contributed by atoms with Crippen LogP contribution < -0.4 is 0 Å². The molecule has 1 aliphatic heterocycles. The number of amides is 1. The first-order valence-electron chi connectivity index (χ1n) is 9.99. The average Bonchev–Trinajstić information content (AvgIpc) is 3.19. The Kier molecular flexibility index (Phi) is 7.10. The van der Waals surface area contributed by atoms with Gasteiger partial charge in [-0.2, -0.15) is 0 Å². The Hall–Kier alpha value is -2.03. The molecule has 1 aromatic carbocycles. The van der Waals surface area contributed by atoms with Gasteiger partial charge in [-0.15, -0.1) is 11.3 Å².